The predicted octanol–water partition coefficient (Wildman–Crippen LogP) is 4.84. The molecule has 0 radical (unpaired) electrons. The van der Waals surface area contributed by atoms with E-state index in [1.54, 1.807) is 24.3 Å². The van der Waals surface area contributed by atoms with Crippen LogP contribution in [-0.2, 0) is 0 Å². The van der Waals surface area contributed by atoms with E-state index in [1.807, 2.05) is 0 Å². The van der Waals surface area contributed by atoms with Crippen molar-refractivity contribution in [2.75, 3.05) is 5.32 Å². The molecule has 0 spiro atoms. The molecular weight excluding hydrogens is 361 g/mol. The Bertz CT molecular complexity index is 932. The van der Waals surface area contributed by atoms with Crippen molar-refractivity contribution in [1.82, 2.24) is 10.2 Å². The monoisotopic (exact) mass is 381 g/mol. The maximum absolute atomic E-state index is 13.0. The standard InChI is InChI=1S/C21H20FN3O3/c22-16-10-6-15(7-11-16)20-24-25-21(28-20)23-19(26)14-8-12-18(13-9-14)27-17-4-2-1-3-5-17/h6-13,17H,1-5H2,(H,23,25,26). The molecule has 0 atom stereocenters. The highest BCUT2D eigenvalue weighted by molar-refractivity contribution is 6.03. The Balaban J connectivity index is 1.37. The second-order valence-electron chi connectivity index (χ2n) is 6.78. The van der Waals surface area contributed by atoms with Crippen LogP contribution < -0.4 is 10.1 Å². The average molecular weight is 381 g/mol. The van der Waals surface area contributed by atoms with Crippen molar-refractivity contribution in [2.24, 2.45) is 0 Å². The number of halogens is 1. The fourth-order valence-electron chi connectivity index (χ4n) is 3.21. The molecule has 3 aromatic rings. The fourth-order valence-corrected chi connectivity index (χ4v) is 3.21. The molecular formula is C21H20FN3O3. The van der Waals surface area contributed by atoms with Gasteiger partial charge in [0.1, 0.15) is 11.6 Å². The van der Waals surface area contributed by atoms with E-state index >= 15 is 0 Å². The topological polar surface area (TPSA) is 77.3 Å². The van der Waals surface area contributed by atoms with Gasteiger partial charge in [-0.25, -0.2) is 4.39 Å². The van der Waals surface area contributed by atoms with Crippen molar-refractivity contribution >= 4 is 11.9 Å². The van der Waals surface area contributed by atoms with Crippen molar-refractivity contribution < 1.29 is 18.3 Å². The van der Waals surface area contributed by atoms with E-state index in [-0.39, 0.29) is 29.7 Å². The number of hydrogen-bond acceptors (Lipinski definition) is 5. The van der Waals surface area contributed by atoms with Crippen LogP contribution in [0.3, 0.4) is 0 Å². The lowest BCUT2D eigenvalue weighted by atomic mass is 9.98. The summed E-state index contributed by atoms with van der Waals surface area (Å²) in [6.07, 6.45) is 6.10. The molecule has 7 heteroatoms. The smallest absolute Gasteiger partial charge is 0.322 e. The van der Waals surface area contributed by atoms with Gasteiger partial charge in [0.15, 0.2) is 0 Å². The first kappa shape index (κ1) is 18.2. The third kappa shape index (κ3) is 4.36. The number of rotatable bonds is 5. The highest BCUT2D eigenvalue weighted by Crippen LogP contribution is 2.24. The Kier molecular flexibility index (Phi) is 5.32. The Morgan fingerprint density at radius 3 is 2.43 bits per heavy atom. The van der Waals surface area contributed by atoms with Gasteiger partial charge in [-0.3, -0.25) is 10.1 Å². The number of carbonyl (C=O) groups is 1. The largest absolute Gasteiger partial charge is 0.490 e. The first-order valence-corrected chi connectivity index (χ1v) is 9.35. The van der Waals surface area contributed by atoms with E-state index in [0.29, 0.717) is 11.1 Å². The zero-order valence-electron chi connectivity index (χ0n) is 15.2. The van der Waals surface area contributed by atoms with Crippen LogP contribution in [0, 0.1) is 5.82 Å². The van der Waals surface area contributed by atoms with Crippen molar-refractivity contribution in [2.45, 2.75) is 38.2 Å². The van der Waals surface area contributed by atoms with E-state index in [1.165, 1.54) is 43.5 Å². The van der Waals surface area contributed by atoms with Gasteiger partial charge in [0.2, 0.25) is 5.89 Å². The molecule has 1 amide bonds. The predicted molar refractivity (Wildman–Crippen MR) is 102 cm³/mol. The van der Waals surface area contributed by atoms with Crippen LogP contribution in [-0.4, -0.2) is 22.2 Å². The lowest BCUT2D eigenvalue weighted by Crippen LogP contribution is -2.19. The molecule has 1 aromatic heterocycles. The molecule has 144 valence electrons. The van der Waals surface area contributed by atoms with Gasteiger partial charge >= 0.3 is 6.01 Å². The van der Waals surface area contributed by atoms with E-state index in [0.717, 1.165) is 18.6 Å². The normalized spacial score (nSPS) is 14.6. The quantitative estimate of drug-likeness (QED) is 0.684. The molecule has 0 unspecified atom stereocenters. The van der Waals surface area contributed by atoms with Crippen LogP contribution in [0.25, 0.3) is 11.5 Å². The highest BCUT2D eigenvalue weighted by Gasteiger charge is 2.16. The van der Waals surface area contributed by atoms with Gasteiger partial charge in [-0.05, 0) is 74.2 Å². The number of anilines is 1. The molecule has 0 saturated heterocycles. The molecule has 2 aromatic carbocycles. The number of carbonyl (C=O) groups excluding carboxylic acids is 1. The second-order valence-corrected chi connectivity index (χ2v) is 6.78. The van der Waals surface area contributed by atoms with Crippen LogP contribution in [0.1, 0.15) is 42.5 Å². The lowest BCUT2D eigenvalue weighted by molar-refractivity contribution is 0.102. The average Bonchev–Trinajstić information content (AvgIpc) is 3.18. The van der Waals surface area contributed by atoms with E-state index in [4.69, 9.17) is 9.15 Å². The van der Waals surface area contributed by atoms with Crippen molar-refractivity contribution in [1.29, 1.82) is 0 Å². The molecule has 1 aliphatic carbocycles. The maximum atomic E-state index is 13.0. The molecule has 1 N–H and O–H groups in total. The summed E-state index contributed by atoms with van der Waals surface area (Å²) in [5, 5.41) is 10.2. The Hall–Kier alpha value is -3.22. The Morgan fingerprint density at radius 1 is 1.00 bits per heavy atom. The van der Waals surface area contributed by atoms with Crippen LogP contribution in [0.5, 0.6) is 5.75 Å². The van der Waals surface area contributed by atoms with Crippen LogP contribution in [0.2, 0.25) is 0 Å². The van der Waals surface area contributed by atoms with Gasteiger partial charge in [-0.2, -0.15) is 0 Å². The van der Waals surface area contributed by atoms with Crippen molar-refractivity contribution in [3.05, 3.63) is 59.9 Å². The number of nitrogens with zero attached hydrogens (tertiary/aromatic N) is 2. The van der Waals surface area contributed by atoms with Crippen LogP contribution >= 0.6 is 0 Å². The van der Waals surface area contributed by atoms with E-state index in [9.17, 15) is 9.18 Å². The molecule has 28 heavy (non-hydrogen) atoms. The zero-order valence-corrected chi connectivity index (χ0v) is 15.2. The van der Waals surface area contributed by atoms with E-state index < -0.39 is 0 Å². The second kappa shape index (κ2) is 8.21. The Morgan fingerprint density at radius 2 is 1.71 bits per heavy atom. The van der Waals surface area contributed by atoms with Gasteiger partial charge in [-0.1, -0.05) is 11.5 Å². The molecule has 1 fully saturated rings. The first-order valence-electron chi connectivity index (χ1n) is 9.35. The lowest BCUT2D eigenvalue weighted by Gasteiger charge is -2.23. The summed E-state index contributed by atoms with van der Waals surface area (Å²) in [6, 6.07) is 12.6. The first-order chi connectivity index (χ1) is 13.7. The third-order valence-electron chi connectivity index (χ3n) is 4.71. The number of hydrogen-bond donors (Lipinski definition) is 1. The van der Waals surface area contributed by atoms with Gasteiger partial charge in [0.05, 0.1) is 6.10 Å². The molecule has 1 aliphatic rings. The van der Waals surface area contributed by atoms with Gasteiger partial charge in [-0.15, -0.1) is 5.10 Å². The van der Waals surface area contributed by atoms with Crippen LogP contribution in [0.4, 0.5) is 10.4 Å². The number of ether oxygens (including phenoxy) is 1. The maximum Gasteiger partial charge on any atom is 0.322 e. The Labute approximate surface area is 161 Å². The SMILES string of the molecule is O=C(Nc1nnc(-c2ccc(F)cc2)o1)c1ccc(OC2CCCCC2)cc1. The number of aromatic nitrogens is 2. The minimum atomic E-state index is -0.362. The molecule has 4 rings (SSSR count). The summed E-state index contributed by atoms with van der Waals surface area (Å²) < 4.78 is 24.4. The fraction of sp³-hybridized carbons (Fsp3) is 0.286. The minimum Gasteiger partial charge on any atom is -0.490 e. The number of nitrogens with one attached hydrogen (secondary N) is 1. The zero-order chi connectivity index (χ0) is 19.3. The summed E-state index contributed by atoms with van der Waals surface area (Å²) in [6.45, 7) is 0. The number of amides is 1. The van der Waals surface area contributed by atoms with Gasteiger partial charge in [0.25, 0.3) is 5.91 Å². The molecule has 0 bridgehead atoms. The highest BCUT2D eigenvalue weighted by atomic mass is 19.1. The number of benzene rings is 2. The van der Waals surface area contributed by atoms with Crippen molar-refractivity contribution in [3.63, 3.8) is 0 Å². The van der Waals surface area contributed by atoms with Gasteiger partial charge < -0.3 is 9.15 Å². The summed E-state index contributed by atoms with van der Waals surface area (Å²) in [5.41, 5.74) is 1.02. The summed E-state index contributed by atoms with van der Waals surface area (Å²) >= 11 is 0. The molecule has 1 heterocycles. The van der Waals surface area contributed by atoms with Crippen LogP contribution in [0.15, 0.2) is 52.9 Å². The van der Waals surface area contributed by atoms with Gasteiger partial charge in [0, 0.05) is 11.1 Å². The third-order valence-corrected chi connectivity index (χ3v) is 4.71. The molecule has 1 saturated carbocycles. The molecule has 6 nitrogen and oxygen atoms in total. The summed E-state index contributed by atoms with van der Waals surface area (Å²) in [5.74, 6) is 0.248. The van der Waals surface area contributed by atoms with Crippen molar-refractivity contribution in [3.8, 4) is 17.2 Å². The summed E-state index contributed by atoms with van der Waals surface area (Å²) in [7, 11) is 0. The minimum absolute atomic E-state index is 0.0214. The molecule has 0 aliphatic heterocycles. The summed E-state index contributed by atoms with van der Waals surface area (Å²) in [4.78, 5) is 12.4. The van der Waals surface area contributed by atoms with E-state index in [2.05, 4.69) is 15.5 Å².